The highest BCUT2D eigenvalue weighted by molar-refractivity contribution is 7.18. The predicted octanol–water partition coefficient (Wildman–Crippen LogP) is 4.14. The summed E-state index contributed by atoms with van der Waals surface area (Å²) in [6.07, 6.45) is 0. The van der Waals surface area contributed by atoms with Gasteiger partial charge in [-0.25, -0.2) is 13.8 Å². The monoisotopic (exact) mass is 304 g/mol. The van der Waals surface area contributed by atoms with Crippen molar-refractivity contribution in [3.63, 3.8) is 0 Å². The molecule has 1 amide bonds. The molecule has 0 saturated heterocycles. The van der Waals surface area contributed by atoms with Crippen LogP contribution < -0.4 is 5.32 Å². The van der Waals surface area contributed by atoms with Crippen molar-refractivity contribution >= 4 is 33.1 Å². The summed E-state index contributed by atoms with van der Waals surface area (Å²) in [5.74, 6) is -2.88. The Hall–Kier alpha value is -2.34. The van der Waals surface area contributed by atoms with E-state index < -0.39 is 17.5 Å². The first-order chi connectivity index (χ1) is 10.0. The van der Waals surface area contributed by atoms with E-state index >= 15 is 0 Å². The molecule has 2 aromatic carbocycles. The molecule has 3 nitrogen and oxygen atoms in total. The van der Waals surface area contributed by atoms with Gasteiger partial charge in [-0.1, -0.05) is 6.07 Å². The van der Waals surface area contributed by atoms with Crippen LogP contribution >= 0.6 is 11.3 Å². The normalized spacial score (nSPS) is 10.8. The molecule has 0 unspecified atom stereocenters. The van der Waals surface area contributed by atoms with Gasteiger partial charge in [-0.3, -0.25) is 4.79 Å². The zero-order valence-electron chi connectivity index (χ0n) is 11.0. The minimum atomic E-state index is -1.15. The number of aromatic nitrogens is 1. The van der Waals surface area contributed by atoms with Crippen LogP contribution in [0.4, 0.5) is 14.5 Å². The Balaban J connectivity index is 1.90. The molecule has 1 N–H and O–H groups in total. The number of benzene rings is 2. The molecular weight excluding hydrogens is 294 g/mol. The van der Waals surface area contributed by atoms with Gasteiger partial charge < -0.3 is 5.32 Å². The molecule has 0 saturated carbocycles. The maximum atomic E-state index is 13.6. The second-order valence-electron chi connectivity index (χ2n) is 4.47. The van der Waals surface area contributed by atoms with Gasteiger partial charge in [-0.2, -0.15) is 0 Å². The summed E-state index contributed by atoms with van der Waals surface area (Å²) in [7, 11) is 0. The van der Waals surface area contributed by atoms with Gasteiger partial charge in [0.2, 0.25) is 0 Å². The molecule has 0 atom stereocenters. The SMILES string of the molecule is Cc1nc2ccc(NC(=O)c3cccc(F)c3F)cc2s1. The Kier molecular flexibility index (Phi) is 3.39. The van der Waals surface area contributed by atoms with E-state index in [0.717, 1.165) is 21.3 Å². The number of halogens is 2. The Morgan fingerprint density at radius 2 is 2.05 bits per heavy atom. The van der Waals surface area contributed by atoms with Crippen LogP contribution in [0.1, 0.15) is 15.4 Å². The van der Waals surface area contributed by atoms with Crippen molar-refractivity contribution in [3.05, 3.63) is 58.6 Å². The molecule has 6 heteroatoms. The number of carbonyl (C=O) groups excluding carboxylic acids is 1. The molecule has 0 aliphatic rings. The molecule has 3 rings (SSSR count). The molecule has 0 aliphatic heterocycles. The summed E-state index contributed by atoms with van der Waals surface area (Å²) in [4.78, 5) is 16.3. The third-order valence-electron chi connectivity index (χ3n) is 2.95. The third kappa shape index (κ3) is 2.62. The summed E-state index contributed by atoms with van der Waals surface area (Å²) in [5, 5.41) is 3.48. The first-order valence-electron chi connectivity index (χ1n) is 6.17. The second kappa shape index (κ2) is 5.21. The minimum Gasteiger partial charge on any atom is -0.322 e. The van der Waals surface area contributed by atoms with Gasteiger partial charge in [0, 0.05) is 5.69 Å². The van der Waals surface area contributed by atoms with Crippen molar-refractivity contribution in [1.29, 1.82) is 0 Å². The van der Waals surface area contributed by atoms with Crippen LogP contribution in [0, 0.1) is 18.6 Å². The smallest absolute Gasteiger partial charge is 0.258 e. The van der Waals surface area contributed by atoms with Crippen molar-refractivity contribution in [2.45, 2.75) is 6.92 Å². The summed E-state index contributed by atoms with van der Waals surface area (Å²) in [6, 6.07) is 8.71. The largest absolute Gasteiger partial charge is 0.322 e. The van der Waals surface area contributed by atoms with E-state index in [1.807, 2.05) is 6.92 Å². The van der Waals surface area contributed by atoms with E-state index in [-0.39, 0.29) is 5.56 Å². The first-order valence-corrected chi connectivity index (χ1v) is 6.99. The quantitative estimate of drug-likeness (QED) is 0.773. The molecule has 106 valence electrons. The number of fused-ring (bicyclic) bond motifs is 1. The number of anilines is 1. The molecule has 1 aromatic heterocycles. The van der Waals surface area contributed by atoms with Crippen LogP contribution in [-0.4, -0.2) is 10.9 Å². The minimum absolute atomic E-state index is 0.324. The Morgan fingerprint density at radius 1 is 1.24 bits per heavy atom. The molecule has 0 bridgehead atoms. The fraction of sp³-hybridized carbons (Fsp3) is 0.0667. The standard InChI is InChI=1S/C15H10F2N2OS/c1-8-18-12-6-5-9(7-13(12)21-8)19-15(20)10-3-2-4-11(16)14(10)17/h2-7H,1H3,(H,19,20). The number of hydrogen-bond donors (Lipinski definition) is 1. The maximum Gasteiger partial charge on any atom is 0.258 e. The average Bonchev–Trinajstić information content (AvgIpc) is 2.81. The lowest BCUT2D eigenvalue weighted by Gasteiger charge is -2.06. The molecule has 1 heterocycles. The number of carbonyl (C=O) groups is 1. The topological polar surface area (TPSA) is 42.0 Å². The van der Waals surface area contributed by atoms with Crippen molar-refractivity contribution < 1.29 is 13.6 Å². The predicted molar refractivity (Wildman–Crippen MR) is 78.7 cm³/mol. The van der Waals surface area contributed by atoms with Gasteiger partial charge >= 0.3 is 0 Å². The van der Waals surface area contributed by atoms with Crippen molar-refractivity contribution in [2.24, 2.45) is 0 Å². The molecule has 0 aliphatic carbocycles. The lowest BCUT2D eigenvalue weighted by atomic mass is 10.2. The van der Waals surface area contributed by atoms with E-state index in [9.17, 15) is 13.6 Å². The Labute approximate surface area is 123 Å². The highest BCUT2D eigenvalue weighted by Crippen LogP contribution is 2.25. The summed E-state index contributed by atoms with van der Waals surface area (Å²) < 4.78 is 27.6. The highest BCUT2D eigenvalue weighted by atomic mass is 32.1. The van der Waals surface area contributed by atoms with E-state index in [4.69, 9.17) is 0 Å². The number of hydrogen-bond acceptors (Lipinski definition) is 3. The number of aryl methyl sites for hydroxylation is 1. The van der Waals surface area contributed by atoms with E-state index in [1.54, 1.807) is 18.2 Å². The van der Waals surface area contributed by atoms with Gasteiger partial charge in [-0.15, -0.1) is 11.3 Å². The van der Waals surface area contributed by atoms with Gasteiger partial charge in [-0.05, 0) is 37.3 Å². The lowest BCUT2D eigenvalue weighted by molar-refractivity contribution is 0.102. The molecular formula is C15H10F2N2OS. The van der Waals surface area contributed by atoms with Crippen LogP contribution in [-0.2, 0) is 0 Å². The molecule has 3 aromatic rings. The molecule has 0 spiro atoms. The summed E-state index contributed by atoms with van der Waals surface area (Å²) in [6.45, 7) is 1.89. The number of thiazole rings is 1. The number of nitrogens with zero attached hydrogens (tertiary/aromatic N) is 1. The van der Waals surface area contributed by atoms with Crippen LogP contribution in [0.3, 0.4) is 0 Å². The second-order valence-corrected chi connectivity index (χ2v) is 5.71. The fourth-order valence-corrected chi connectivity index (χ4v) is 2.86. The summed E-state index contributed by atoms with van der Waals surface area (Å²) in [5.41, 5.74) is 1.03. The van der Waals surface area contributed by atoms with Crippen molar-refractivity contribution in [2.75, 3.05) is 5.32 Å². The number of nitrogens with one attached hydrogen (secondary N) is 1. The summed E-state index contributed by atoms with van der Waals surface area (Å²) >= 11 is 1.50. The number of amides is 1. The molecule has 0 radical (unpaired) electrons. The first kappa shape index (κ1) is 13.6. The van der Waals surface area contributed by atoms with Gasteiger partial charge in [0.15, 0.2) is 11.6 Å². The van der Waals surface area contributed by atoms with Gasteiger partial charge in [0.25, 0.3) is 5.91 Å². The maximum absolute atomic E-state index is 13.6. The van der Waals surface area contributed by atoms with Crippen LogP contribution in [0.15, 0.2) is 36.4 Å². The van der Waals surface area contributed by atoms with Crippen LogP contribution in [0.5, 0.6) is 0 Å². The zero-order valence-corrected chi connectivity index (χ0v) is 11.8. The van der Waals surface area contributed by atoms with Crippen LogP contribution in [0.25, 0.3) is 10.2 Å². The van der Waals surface area contributed by atoms with Crippen molar-refractivity contribution in [3.8, 4) is 0 Å². The third-order valence-corrected chi connectivity index (χ3v) is 3.88. The zero-order chi connectivity index (χ0) is 15.0. The van der Waals surface area contributed by atoms with Crippen LogP contribution in [0.2, 0.25) is 0 Å². The lowest BCUT2D eigenvalue weighted by Crippen LogP contribution is -2.14. The van der Waals surface area contributed by atoms with Gasteiger partial charge in [0.1, 0.15) is 0 Å². The van der Waals surface area contributed by atoms with Crippen molar-refractivity contribution in [1.82, 2.24) is 4.98 Å². The van der Waals surface area contributed by atoms with E-state index in [1.165, 1.54) is 23.5 Å². The Bertz CT molecular complexity index is 845. The fourth-order valence-electron chi connectivity index (χ4n) is 2.00. The van der Waals surface area contributed by atoms with E-state index in [2.05, 4.69) is 10.3 Å². The molecule has 0 fully saturated rings. The Morgan fingerprint density at radius 3 is 2.86 bits per heavy atom. The molecule has 21 heavy (non-hydrogen) atoms. The average molecular weight is 304 g/mol. The highest BCUT2D eigenvalue weighted by Gasteiger charge is 2.15. The van der Waals surface area contributed by atoms with Gasteiger partial charge in [0.05, 0.1) is 20.8 Å². The van der Waals surface area contributed by atoms with E-state index in [0.29, 0.717) is 5.69 Å². The number of rotatable bonds is 2.